The first kappa shape index (κ1) is 16.9. The summed E-state index contributed by atoms with van der Waals surface area (Å²) in [6.07, 6.45) is 2.13. The molecule has 0 unspecified atom stereocenters. The number of anilines is 1. The summed E-state index contributed by atoms with van der Waals surface area (Å²) in [4.78, 5) is 10.7. The first-order valence-electron chi connectivity index (χ1n) is 7.39. The first-order chi connectivity index (χ1) is 11.1. The fraction of sp³-hybridized carbons (Fsp3) is 0.235. The predicted molar refractivity (Wildman–Crippen MR) is 95.3 cm³/mol. The van der Waals surface area contributed by atoms with E-state index in [2.05, 4.69) is 12.2 Å². The van der Waals surface area contributed by atoms with E-state index in [1.54, 1.807) is 12.1 Å². The molecule has 0 aromatic heterocycles. The van der Waals surface area contributed by atoms with Crippen molar-refractivity contribution in [3.8, 4) is 5.75 Å². The third-order valence-electron chi connectivity index (χ3n) is 3.22. The van der Waals surface area contributed by atoms with Gasteiger partial charge in [0.15, 0.2) is 0 Å². The molecule has 1 N–H and O–H groups in total. The molecular formula is C17H18N2O3S. The van der Waals surface area contributed by atoms with Crippen LogP contribution in [-0.4, -0.2) is 16.5 Å². The molecule has 0 radical (unpaired) electrons. The van der Waals surface area contributed by atoms with Gasteiger partial charge in [-0.15, -0.1) is 0 Å². The number of thiocarbonyl (C=S) groups is 1. The fourth-order valence-corrected chi connectivity index (χ4v) is 2.16. The lowest BCUT2D eigenvalue weighted by Gasteiger charge is -2.10. The highest BCUT2D eigenvalue weighted by Crippen LogP contribution is 2.18. The van der Waals surface area contributed by atoms with Gasteiger partial charge in [-0.05, 0) is 42.8 Å². The van der Waals surface area contributed by atoms with Gasteiger partial charge in [-0.2, -0.15) is 0 Å². The highest BCUT2D eigenvalue weighted by atomic mass is 32.1. The maximum absolute atomic E-state index is 10.6. The van der Waals surface area contributed by atoms with Crippen LogP contribution in [0.25, 0.3) is 0 Å². The van der Waals surface area contributed by atoms with E-state index >= 15 is 0 Å². The number of hydrogen-bond donors (Lipinski definition) is 1. The Morgan fingerprint density at radius 1 is 1.17 bits per heavy atom. The summed E-state index contributed by atoms with van der Waals surface area (Å²) >= 11 is 5.32. The minimum atomic E-state index is -0.433. The smallest absolute Gasteiger partial charge is 0.269 e. The third kappa shape index (κ3) is 5.03. The molecule has 0 aliphatic heterocycles. The van der Waals surface area contributed by atoms with Crippen LogP contribution in [0.1, 0.15) is 25.3 Å². The molecule has 0 saturated carbocycles. The Morgan fingerprint density at radius 3 is 2.39 bits per heavy atom. The molecule has 0 saturated heterocycles. The first-order valence-corrected chi connectivity index (χ1v) is 7.79. The van der Waals surface area contributed by atoms with Gasteiger partial charge in [0.1, 0.15) is 10.7 Å². The molecule has 0 fully saturated rings. The summed E-state index contributed by atoms with van der Waals surface area (Å²) in [5.41, 5.74) is 1.62. The van der Waals surface area contributed by atoms with Gasteiger partial charge in [-0.3, -0.25) is 10.1 Å². The predicted octanol–water partition coefficient (Wildman–Crippen LogP) is 4.56. The molecule has 2 aromatic rings. The topological polar surface area (TPSA) is 64.4 Å². The van der Waals surface area contributed by atoms with Gasteiger partial charge < -0.3 is 10.1 Å². The zero-order valence-electron chi connectivity index (χ0n) is 12.8. The van der Waals surface area contributed by atoms with Crippen molar-refractivity contribution >= 4 is 28.6 Å². The molecule has 2 aromatic carbocycles. The van der Waals surface area contributed by atoms with Crippen molar-refractivity contribution in [2.45, 2.75) is 19.8 Å². The number of hydrogen-bond acceptors (Lipinski definition) is 4. The monoisotopic (exact) mass is 330 g/mol. The lowest BCUT2D eigenvalue weighted by molar-refractivity contribution is -0.384. The van der Waals surface area contributed by atoms with Gasteiger partial charge >= 0.3 is 0 Å². The standard InChI is InChI=1S/C17H18N2O3S/c1-2-3-12-22-16-10-6-14(7-11-16)18-17(23)13-4-8-15(9-5-13)19(20)21/h4-11H,2-3,12H2,1H3,(H,18,23). The number of rotatable bonds is 7. The molecule has 0 aliphatic rings. The van der Waals surface area contributed by atoms with Crippen molar-refractivity contribution < 1.29 is 9.66 Å². The van der Waals surface area contributed by atoms with Gasteiger partial charge in [-0.1, -0.05) is 25.6 Å². The van der Waals surface area contributed by atoms with E-state index in [1.807, 2.05) is 24.3 Å². The van der Waals surface area contributed by atoms with Crippen LogP contribution in [0.4, 0.5) is 11.4 Å². The summed E-state index contributed by atoms with van der Waals surface area (Å²) in [5.74, 6) is 0.824. The molecule has 0 amide bonds. The molecule has 0 heterocycles. The van der Waals surface area contributed by atoms with Gasteiger partial charge in [0, 0.05) is 23.4 Å². The average Bonchev–Trinajstić information content (AvgIpc) is 2.56. The zero-order chi connectivity index (χ0) is 16.7. The number of non-ortho nitro benzene ring substituents is 1. The number of nitrogens with one attached hydrogen (secondary N) is 1. The zero-order valence-corrected chi connectivity index (χ0v) is 13.6. The minimum Gasteiger partial charge on any atom is -0.494 e. The Balaban J connectivity index is 1.95. The van der Waals surface area contributed by atoms with Gasteiger partial charge in [0.2, 0.25) is 0 Å². The number of nitro benzene ring substituents is 1. The summed E-state index contributed by atoms with van der Waals surface area (Å²) in [7, 11) is 0. The van der Waals surface area contributed by atoms with Crippen molar-refractivity contribution in [3.63, 3.8) is 0 Å². The summed E-state index contributed by atoms with van der Waals surface area (Å²) in [5, 5.41) is 13.8. The van der Waals surface area contributed by atoms with Gasteiger partial charge in [0.05, 0.1) is 11.5 Å². The van der Waals surface area contributed by atoms with Crippen LogP contribution in [0.5, 0.6) is 5.75 Å². The molecule has 23 heavy (non-hydrogen) atoms. The molecular weight excluding hydrogens is 312 g/mol. The van der Waals surface area contributed by atoms with Crippen molar-refractivity contribution in [1.82, 2.24) is 0 Å². The molecule has 2 rings (SSSR count). The number of ether oxygens (including phenoxy) is 1. The SMILES string of the molecule is CCCCOc1ccc(NC(=S)c2ccc([N+](=O)[O-])cc2)cc1. The van der Waals surface area contributed by atoms with Gasteiger partial charge in [-0.25, -0.2) is 0 Å². The Labute approximate surface area is 140 Å². The Kier molecular flexibility index (Phi) is 6.05. The van der Waals surface area contributed by atoms with E-state index in [-0.39, 0.29) is 5.69 Å². The van der Waals surface area contributed by atoms with E-state index in [1.165, 1.54) is 12.1 Å². The third-order valence-corrected chi connectivity index (χ3v) is 3.56. The molecule has 0 spiro atoms. The highest BCUT2D eigenvalue weighted by molar-refractivity contribution is 7.81. The van der Waals surface area contributed by atoms with Crippen LogP contribution < -0.4 is 10.1 Å². The van der Waals surface area contributed by atoms with E-state index in [0.29, 0.717) is 11.6 Å². The normalized spacial score (nSPS) is 10.1. The van der Waals surface area contributed by atoms with Crippen molar-refractivity contribution in [2.24, 2.45) is 0 Å². The van der Waals surface area contributed by atoms with E-state index in [0.717, 1.165) is 29.8 Å². The van der Waals surface area contributed by atoms with Crippen LogP contribution >= 0.6 is 12.2 Å². The number of nitrogens with zero attached hydrogens (tertiary/aromatic N) is 1. The summed E-state index contributed by atoms with van der Waals surface area (Å²) in [6, 6.07) is 13.7. The Bertz CT molecular complexity index is 669. The quantitative estimate of drug-likeness (QED) is 0.349. The summed E-state index contributed by atoms with van der Waals surface area (Å²) < 4.78 is 5.60. The lowest BCUT2D eigenvalue weighted by atomic mass is 10.2. The number of benzene rings is 2. The van der Waals surface area contributed by atoms with Crippen LogP contribution in [0.15, 0.2) is 48.5 Å². The molecule has 0 atom stereocenters. The second-order valence-corrected chi connectivity index (χ2v) is 5.39. The Morgan fingerprint density at radius 2 is 1.83 bits per heavy atom. The molecule has 0 bridgehead atoms. The van der Waals surface area contributed by atoms with E-state index < -0.39 is 4.92 Å². The fourth-order valence-electron chi connectivity index (χ4n) is 1.91. The molecule has 5 nitrogen and oxygen atoms in total. The average molecular weight is 330 g/mol. The van der Waals surface area contributed by atoms with Crippen molar-refractivity contribution in [3.05, 3.63) is 64.2 Å². The van der Waals surface area contributed by atoms with Crippen LogP contribution in [0.3, 0.4) is 0 Å². The molecule has 6 heteroatoms. The second-order valence-electron chi connectivity index (χ2n) is 4.98. The van der Waals surface area contributed by atoms with E-state index in [9.17, 15) is 10.1 Å². The van der Waals surface area contributed by atoms with Gasteiger partial charge in [0.25, 0.3) is 5.69 Å². The largest absolute Gasteiger partial charge is 0.494 e. The second kappa shape index (κ2) is 8.24. The number of nitro groups is 1. The van der Waals surface area contributed by atoms with Crippen LogP contribution in [0, 0.1) is 10.1 Å². The van der Waals surface area contributed by atoms with Crippen LogP contribution in [0.2, 0.25) is 0 Å². The lowest BCUT2D eigenvalue weighted by Crippen LogP contribution is -2.10. The highest BCUT2D eigenvalue weighted by Gasteiger charge is 2.07. The summed E-state index contributed by atoms with van der Waals surface area (Å²) in [6.45, 7) is 2.83. The Hall–Kier alpha value is -2.47. The maximum atomic E-state index is 10.6. The van der Waals surface area contributed by atoms with E-state index in [4.69, 9.17) is 17.0 Å². The van der Waals surface area contributed by atoms with Crippen molar-refractivity contribution in [2.75, 3.05) is 11.9 Å². The molecule has 120 valence electrons. The molecule has 0 aliphatic carbocycles. The minimum absolute atomic E-state index is 0.0464. The number of unbranched alkanes of at least 4 members (excludes halogenated alkanes) is 1. The van der Waals surface area contributed by atoms with Crippen molar-refractivity contribution in [1.29, 1.82) is 0 Å². The maximum Gasteiger partial charge on any atom is 0.269 e. The van der Waals surface area contributed by atoms with Crippen LogP contribution in [-0.2, 0) is 0 Å².